The van der Waals surface area contributed by atoms with Gasteiger partial charge >= 0.3 is 0 Å². The third-order valence-corrected chi connectivity index (χ3v) is 11.2. The molecule has 1 heterocycles. The largest absolute Gasteiger partial charge is 0.365 e. The quantitative estimate of drug-likeness (QED) is 0.430. The van der Waals surface area contributed by atoms with Crippen molar-refractivity contribution in [2.24, 2.45) is 46.3 Å². The Morgan fingerprint density at radius 2 is 1.76 bits per heavy atom. The second kappa shape index (κ2) is 6.94. The highest BCUT2D eigenvalue weighted by molar-refractivity contribution is 5.24. The standard InChI is InChI=1S/C27H45FO/c1-17(2)7-6-8-18(3)21-9-10-22-20-15-24-27(29-24)16-19(28)11-14-26(27,5)23(20)12-13-25(21,22)4/h17-24H,6-16H2,1-5H3/t18?,19-,20-,21+,22-,23-,24-,25+,26+,27?/m0/s1. The molecule has 0 aromatic carbocycles. The van der Waals surface area contributed by atoms with Crippen molar-refractivity contribution in [1.29, 1.82) is 0 Å². The number of halogens is 1. The average Bonchev–Trinajstić information content (AvgIpc) is 3.22. The SMILES string of the molecule is CC(C)CCCC(C)[C@H]1CC[C@H]2[C@@H]3C[C@@H]4OC45C[C@@H](F)CC[C@]5(C)[C@H]3CC[C@]12C. The first-order valence-electron chi connectivity index (χ1n) is 13.0. The fourth-order valence-corrected chi connectivity index (χ4v) is 9.65. The molecule has 0 radical (unpaired) electrons. The first-order chi connectivity index (χ1) is 13.7. The average molecular weight is 405 g/mol. The number of fused-ring (bicyclic) bond motifs is 4. The van der Waals surface area contributed by atoms with Crippen LogP contribution >= 0.6 is 0 Å². The lowest BCUT2D eigenvalue weighted by Crippen LogP contribution is -2.58. The number of epoxide rings is 1. The molecule has 4 saturated carbocycles. The van der Waals surface area contributed by atoms with Crippen molar-refractivity contribution in [3.63, 3.8) is 0 Å². The fraction of sp³-hybridized carbons (Fsp3) is 1.00. The zero-order chi connectivity index (χ0) is 20.6. The molecule has 1 spiro atoms. The van der Waals surface area contributed by atoms with Crippen molar-refractivity contribution in [2.45, 2.75) is 123 Å². The highest BCUT2D eigenvalue weighted by atomic mass is 19.1. The summed E-state index contributed by atoms with van der Waals surface area (Å²) < 4.78 is 20.7. The highest BCUT2D eigenvalue weighted by Crippen LogP contribution is 2.74. The monoisotopic (exact) mass is 404 g/mol. The lowest BCUT2D eigenvalue weighted by Gasteiger charge is -2.59. The molecule has 0 aromatic heterocycles. The van der Waals surface area contributed by atoms with Crippen LogP contribution in [0, 0.1) is 46.3 Å². The molecular weight excluding hydrogens is 359 g/mol. The maximum absolute atomic E-state index is 14.3. The third-order valence-electron chi connectivity index (χ3n) is 11.2. The lowest BCUT2D eigenvalue weighted by atomic mass is 9.44. The van der Waals surface area contributed by atoms with E-state index in [-0.39, 0.29) is 11.0 Å². The van der Waals surface area contributed by atoms with Gasteiger partial charge in [0.05, 0.1) is 6.10 Å². The number of alkyl halides is 1. The van der Waals surface area contributed by atoms with Gasteiger partial charge in [0.2, 0.25) is 0 Å². The Kier molecular flexibility index (Phi) is 4.97. The Morgan fingerprint density at radius 1 is 0.966 bits per heavy atom. The molecule has 0 N–H and O–H groups in total. The van der Waals surface area contributed by atoms with Gasteiger partial charge in [0.1, 0.15) is 11.8 Å². The van der Waals surface area contributed by atoms with E-state index in [1.165, 1.54) is 51.4 Å². The molecule has 4 aliphatic carbocycles. The topological polar surface area (TPSA) is 12.5 Å². The zero-order valence-corrected chi connectivity index (χ0v) is 19.7. The van der Waals surface area contributed by atoms with Gasteiger partial charge in [0.15, 0.2) is 0 Å². The van der Waals surface area contributed by atoms with Crippen LogP contribution in [-0.2, 0) is 4.74 Å². The van der Waals surface area contributed by atoms with Crippen molar-refractivity contribution in [1.82, 2.24) is 0 Å². The molecule has 1 saturated heterocycles. The van der Waals surface area contributed by atoms with E-state index in [4.69, 9.17) is 4.74 Å². The van der Waals surface area contributed by atoms with E-state index < -0.39 is 6.17 Å². The minimum absolute atomic E-state index is 0.0816. The minimum Gasteiger partial charge on any atom is -0.365 e. The van der Waals surface area contributed by atoms with E-state index in [9.17, 15) is 4.39 Å². The van der Waals surface area contributed by atoms with Gasteiger partial charge in [0.25, 0.3) is 0 Å². The summed E-state index contributed by atoms with van der Waals surface area (Å²) in [5.74, 6) is 5.14. The van der Waals surface area contributed by atoms with E-state index in [0.717, 1.165) is 48.3 Å². The summed E-state index contributed by atoms with van der Waals surface area (Å²) in [5, 5.41) is 0. The number of hydrogen-bond acceptors (Lipinski definition) is 1. The number of rotatable bonds is 5. The molecule has 0 aromatic rings. The predicted molar refractivity (Wildman–Crippen MR) is 117 cm³/mol. The van der Waals surface area contributed by atoms with Crippen molar-refractivity contribution in [2.75, 3.05) is 0 Å². The smallest absolute Gasteiger partial charge is 0.103 e. The number of ether oxygens (including phenoxy) is 1. The minimum atomic E-state index is -0.624. The van der Waals surface area contributed by atoms with Crippen LogP contribution in [0.5, 0.6) is 0 Å². The normalized spacial score (nSPS) is 54.3. The van der Waals surface area contributed by atoms with Gasteiger partial charge in [-0.1, -0.05) is 53.9 Å². The molecule has 2 heteroatoms. The zero-order valence-electron chi connectivity index (χ0n) is 19.7. The van der Waals surface area contributed by atoms with Crippen LogP contribution in [0.4, 0.5) is 4.39 Å². The Balaban J connectivity index is 1.33. The van der Waals surface area contributed by atoms with Crippen molar-refractivity contribution in [3.05, 3.63) is 0 Å². The molecule has 0 amide bonds. The Labute approximate surface area is 178 Å². The summed E-state index contributed by atoms with van der Waals surface area (Å²) in [7, 11) is 0. The molecular formula is C27H45FO. The first kappa shape index (κ1) is 20.8. The first-order valence-corrected chi connectivity index (χ1v) is 13.0. The summed E-state index contributed by atoms with van der Waals surface area (Å²) >= 11 is 0. The summed E-state index contributed by atoms with van der Waals surface area (Å²) in [5.41, 5.74) is 0.703. The summed E-state index contributed by atoms with van der Waals surface area (Å²) in [6, 6.07) is 0. The van der Waals surface area contributed by atoms with Gasteiger partial charge in [-0.15, -0.1) is 0 Å². The van der Waals surface area contributed by atoms with E-state index in [2.05, 4.69) is 34.6 Å². The van der Waals surface area contributed by atoms with Gasteiger partial charge in [-0.25, -0.2) is 4.39 Å². The van der Waals surface area contributed by atoms with Gasteiger partial charge in [-0.2, -0.15) is 0 Å². The van der Waals surface area contributed by atoms with E-state index in [0.29, 0.717) is 17.9 Å². The molecule has 1 nitrogen and oxygen atoms in total. The summed E-state index contributed by atoms with van der Waals surface area (Å²) in [6.07, 6.45) is 13.4. The van der Waals surface area contributed by atoms with Crippen LogP contribution in [0.25, 0.3) is 0 Å². The summed E-state index contributed by atoms with van der Waals surface area (Å²) in [4.78, 5) is 0. The molecule has 1 aliphatic heterocycles. The molecule has 5 rings (SSSR count). The maximum atomic E-state index is 14.3. The van der Waals surface area contributed by atoms with Crippen molar-refractivity contribution >= 4 is 0 Å². The van der Waals surface area contributed by atoms with Crippen LogP contribution in [-0.4, -0.2) is 17.9 Å². The van der Waals surface area contributed by atoms with Crippen LogP contribution in [0.3, 0.4) is 0 Å². The molecule has 10 atom stereocenters. The fourth-order valence-electron chi connectivity index (χ4n) is 9.65. The van der Waals surface area contributed by atoms with E-state index in [1.807, 2.05) is 0 Å². The van der Waals surface area contributed by atoms with Crippen LogP contribution in [0.1, 0.15) is 105 Å². The van der Waals surface area contributed by atoms with Crippen LogP contribution < -0.4 is 0 Å². The second-order valence-electron chi connectivity index (χ2n) is 12.9. The van der Waals surface area contributed by atoms with Crippen LogP contribution in [0.15, 0.2) is 0 Å². The summed E-state index contributed by atoms with van der Waals surface area (Å²) in [6.45, 7) is 12.4. The molecule has 2 unspecified atom stereocenters. The Hall–Kier alpha value is -0.110. The van der Waals surface area contributed by atoms with Gasteiger partial charge in [-0.3, -0.25) is 0 Å². The van der Waals surface area contributed by atoms with Gasteiger partial charge in [0, 0.05) is 11.8 Å². The van der Waals surface area contributed by atoms with E-state index >= 15 is 0 Å². The Morgan fingerprint density at radius 3 is 2.52 bits per heavy atom. The molecule has 5 aliphatic rings. The lowest BCUT2D eigenvalue weighted by molar-refractivity contribution is -0.109. The Bertz CT molecular complexity index is 632. The third kappa shape index (κ3) is 2.93. The predicted octanol–water partition coefficient (Wildman–Crippen LogP) is 7.58. The molecule has 29 heavy (non-hydrogen) atoms. The van der Waals surface area contributed by atoms with Crippen molar-refractivity contribution < 1.29 is 9.13 Å². The van der Waals surface area contributed by atoms with Crippen molar-refractivity contribution in [3.8, 4) is 0 Å². The van der Waals surface area contributed by atoms with Gasteiger partial charge < -0.3 is 4.74 Å². The molecule has 0 bridgehead atoms. The second-order valence-corrected chi connectivity index (χ2v) is 12.9. The van der Waals surface area contributed by atoms with E-state index in [1.54, 1.807) is 0 Å². The molecule has 5 fully saturated rings. The number of hydrogen-bond donors (Lipinski definition) is 0. The van der Waals surface area contributed by atoms with Gasteiger partial charge in [-0.05, 0) is 85.9 Å². The maximum Gasteiger partial charge on any atom is 0.103 e. The molecule has 166 valence electrons. The van der Waals surface area contributed by atoms with Crippen LogP contribution in [0.2, 0.25) is 0 Å². The highest BCUT2D eigenvalue weighted by Gasteiger charge is 2.76.